The number of rotatable bonds is 8. The molecule has 1 fully saturated rings. The number of hydrogen-bond donors (Lipinski definition) is 2. The van der Waals surface area contributed by atoms with Gasteiger partial charge in [-0.3, -0.25) is 0 Å². The van der Waals surface area contributed by atoms with Gasteiger partial charge in [0.05, 0.1) is 0 Å². The summed E-state index contributed by atoms with van der Waals surface area (Å²) in [5, 5.41) is 15.4. The first-order valence-electron chi connectivity index (χ1n) is 12.0. The van der Waals surface area contributed by atoms with Crippen LogP contribution in [0.2, 0.25) is 0 Å². The van der Waals surface area contributed by atoms with Crippen LogP contribution in [-0.4, -0.2) is 54.1 Å². The first kappa shape index (κ1) is 23.5. The Labute approximate surface area is 204 Å². The molecule has 1 aromatic heterocycles. The van der Waals surface area contributed by atoms with Crippen LogP contribution in [0.1, 0.15) is 18.4 Å². The number of aliphatic hydroxyl groups excluding tert-OH is 1. The van der Waals surface area contributed by atoms with Gasteiger partial charge < -0.3 is 25.0 Å². The Balaban J connectivity index is 1.13. The van der Waals surface area contributed by atoms with Crippen molar-refractivity contribution in [3.8, 4) is 17.0 Å². The van der Waals surface area contributed by atoms with E-state index < -0.39 is 6.10 Å². The SMILES string of the molecule is NCC1(c2ccccc2)CCN(CC(O)COc2ccc(-c3noc4cc(F)ccc34)cc2)CC1. The lowest BCUT2D eigenvalue weighted by molar-refractivity contribution is 0.0513. The monoisotopic (exact) mass is 475 g/mol. The lowest BCUT2D eigenvalue weighted by Crippen LogP contribution is -2.49. The molecule has 6 nitrogen and oxygen atoms in total. The largest absolute Gasteiger partial charge is 0.491 e. The number of halogens is 1. The van der Waals surface area contributed by atoms with E-state index in [1.807, 2.05) is 30.3 Å². The molecular weight excluding hydrogens is 445 g/mol. The molecule has 0 aliphatic carbocycles. The molecule has 1 aliphatic rings. The summed E-state index contributed by atoms with van der Waals surface area (Å²) in [6.07, 6.45) is 1.36. The molecule has 2 heterocycles. The highest BCUT2D eigenvalue weighted by Crippen LogP contribution is 2.34. The number of likely N-dealkylation sites (tertiary alicyclic amines) is 1. The first-order valence-corrected chi connectivity index (χ1v) is 12.0. The van der Waals surface area contributed by atoms with Gasteiger partial charge in [-0.15, -0.1) is 0 Å². The predicted octanol–water partition coefficient (Wildman–Crippen LogP) is 4.37. The average molecular weight is 476 g/mol. The predicted molar refractivity (Wildman–Crippen MR) is 134 cm³/mol. The summed E-state index contributed by atoms with van der Waals surface area (Å²) in [4.78, 5) is 2.28. The molecule has 0 radical (unpaired) electrons. The summed E-state index contributed by atoms with van der Waals surface area (Å²) >= 11 is 0. The van der Waals surface area contributed by atoms with Gasteiger partial charge in [-0.25, -0.2) is 4.39 Å². The molecule has 1 atom stereocenters. The van der Waals surface area contributed by atoms with Gasteiger partial charge in [0.2, 0.25) is 0 Å². The third-order valence-electron chi connectivity index (χ3n) is 7.06. The van der Waals surface area contributed by atoms with Crippen LogP contribution in [0.5, 0.6) is 5.75 Å². The van der Waals surface area contributed by atoms with Crippen molar-refractivity contribution >= 4 is 11.0 Å². The fourth-order valence-corrected chi connectivity index (χ4v) is 4.94. The van der Waals surface area contributed by atoms with Crippen molar-refractivity contribution in [3.63, 3.8) is 0 Å². The lowest BCUT2D eigenvalue weighted by atomic mass is 9.73. The molecule has 1 unspecified atom stereocenters. The van der Waals surface area contributed by atoms with Gasteiger partial charge >= 0.3 is 0 Å². The third kappa shape index (κ3) is 5.07. The molecule has 5 rings (SSSR count). The van der Waals surface area contributed by atoms with Crippen LogP contribution in [0.15, 0.2) is 77.3 Å². The van der Waals surface area contributed by atoms with E-state index in [2.05, 4.69) is 34.3 Å². The highest BCUT2D eigenvalue weighted by Gasteiger charge is 2.35. The normalized spacial score (nSPS) is 16.9. The summed E-state index contributed by atoms with van der Waals surface area (Å²) in [7, 11) is 0. The molecule has 3 aromatic carbocycles. The van der Waals surface area contributed by atoms with E-state index in [9.17, 15) is 9.50 Å². The Bertz CT molecular complexity index is 1250. The highest BCUT2D eigenvalue weighted by molar-refractivity contribution is 5.91. The van der Waals surface area contributed by atoms with Crippen LogP contribution in [0, 0.1) is 5.82 Å². The summed E-state index contributed by atoms with van der Waals surface area (Å²) < 4.78 is 24.5. The number of nitrogens with zero attached hydrogens (tertiary/aromatic N) is 2. The second-order valence-corrected chi connectivity index (χ2v) is 9.31. The third-order valence-corrected chi connectivity index (χ3v) is 7.06. The Kier molecular flexibility index (Phi) is 6.81. The van der Waals surface area contributed by atoms with Crippen molar-refractivity contribution in [1.82, 2.24) is 10.1 Å². The molecule has 182 valence electrons. The van der Waals surface area contributed by atoms with E-state index in [0.717, 1.165) is 36.9 Å². The van der Waals surface area contributed by atoms with E-state index in [1.54, 1.807) is 6.07 Å². The summed E-state index contributed by atoms with van der Waals surface area (Å²) in [6.45, 7) is 3.20. The highest BCUT2D eigenvalue weighted by atomic mass is 19.1. The van der Waals surface area contributed by atoms with Gasteiger partial charge in [0, 0.05) is 35.5 Å². The number of aliphatic hydroxyl groups is 1. The van der Waals surface area contributed by atoms with E-state index in [0.29, 0.717) is 30.1 Å². The number of fused-ring (bicyclic) bond motifs is 1. The van der Waals surface area contributed by atoms with Crippen LogP contribution in [0.4, 0.5) is 4.39 Å². The van der Waals surface area contributed by atoms with Gasteiger partial charge in [0.15, 0.2) is 5.58 Å². The zero-order valence-corrected chi connectivity index (χ0v) is 19.6. The number of ether oxygens (including phenoxy) is 1. The van der Waals surface area contributed by atoms with Gasteiger partial charge in [-0.1, -0.05) is 35.5 Å². The van der Waals surface area contributed by atoms with Gasteiger partial charge in [0.1, 0.15) is 30.0 Å². The van der Waals surface area contributed by atoms with Crippen LogP contribution in [0.25, 0.3) is 22.2 Å². The molecule has 0 amide bonds. The minimum Gasteiger partial charge on any atom is -0.491 e. The minimum atomic E-state index is -0.592. The van der Waals surface area contributed by atoms with E-state index >= 15 is 0 Å². The van der Waals surface area contributed by atoms with Gasteiger partial charge in [0.25, 0.3) is 0 Å². The maximum atomic E-state index is 13.4. The van der Waals surface area contributed by atoms with E-state index in [4.69, 9.17) is 15.0 Å². The molecule has 1 saturated heterocycles. The molecule has 3 N–H and O–H groups in total. The smallest absolute Gasteiger partial charge is 0.170 e. The number of nitrogens with two attached hydrogens (primary N) is 1. The van der Waals surface area contributed by atoms with Gasteiger partial charge in [-0.05, 0) is 67.9 Å². The summed E-state index contributed by atoms with van der Waals surface area (Å²) in [5.41, 5.74) is 9.43. The number of hydrogen-bond acceptors (Lipinski definition) is 6. The van der Waals surface area contributed by atoms with Crippen molar-refractivity contribution in [2.24, 2.45) is 5.73 Å². The van der Waals surface area contributed by atoms with Gasteiger partial charge in [-0.2, -0.15) is 0 Å². The van der Waals surface area contributed by atoms with Crippen molar-refractivity contribution < 1.29 is 18.8 Å². The van der Waals surface area contributed by atoms with Crippen molar-refractivity contribution in [1.29, 1.82) is 0 Å². The standard InChI is InChI=1S/C28H30FN3O3/c29-22-8-11-25-26(16-22)35-31-27(25)20-6-9-24(10-7-20)34-18-23(33)17-32-14-12-28(19-30,13-15-32)21-4-2-1-3-5-21/h1-11,16,23,33H,12-15,17-19,30H2. The fourth-order valence-electron chi connectivity index (χ4n) is 4.94. The Morgan fingerprint density at radius 3 is 2.51 bits per heavy atom. The number of benzene rings is 3. The zero-order valence-electron chi connectivity index (χ0n) is 19.6. The summed E-state index contributed by atoms with van der Waals surface area (Å²) in [5.74, 6) is 0.304. The molecule has 1 aliphatic heterocycles. The van der Waals surface area contributed by atoms with Crippen molar-refractivity contribution in [2.45, 2.75) is 24.4 Å². The number of piperidine rings is 1. The average Bonchev–Trinajstić information content (AvgIpc) is 3.32. The topological polar surface area (TPSA) is 84.8 Å². The van der Waals surface area contributed by atoms with E-state index in [-0.39, 0.29) is 17.8 Å². The molecule has 0 saturated carbocycles. The lowest BCUT2D eigenvalue weighted by Gasteiger charge is -2.42. The quantitative estimate of drug-likeness (QED) is 0.394. The maximum absolute atomic E-state index is 13.4. The minimum absolute atomic E-state index is 0.0181. The molecule has 35 heavy (non-hydrogen) atoms. The second-order valence-electron chi connectivity index (χ2n) is 9.31. The van der Waals surface area contributed by atoms with Crippen LogP contribution in [0.3, 0.4) is 0 Å². The number of β-amino-alcohol motifs (C(OH)–C–C–N with tert-alkyl or cyclic N) is 1. The van der Waals surface area contributed by atoms with Crippen molar-refractivity contribution in [2.75, 3.05) is 32.8 Å². The first-order chi connectivity index (χ1) is 17.1. The Morgan fingerprint density at radius 2 is 1.80 bits per heavy atom. The van der Waals surface area contributed by atoms with E-state index in [1.165, 1.54) is 17.7 Å². The molecular formula is C28H30FN3O3. The summed E-state index contributed by atoms with van der Waals surface area (Å²) in [6, 6.07) is 22.3. The number of aromatic nitrogens is 1. The Morgan fingerprint density at radius 1 is 1.06 bits per heavy atom. The zero-order chi connectivity index (χ0) is 24.3. The van der Waals surface area contributed by atoms with Crippen molar-refractivity contribution in [3.05, 3.63) is 84.2 Å². The Hall–Kier alpha value is -3.26. The van der Waals surface area contributed by atoms with Crippen LogP contribution < -0.4 is 10.5 Å². The molecule has 0 bridgehead atoms. The molecule has 7 heteroatoms. The van der Waals surface area contributed by atoms with Crippen LogP contribution >= 0.6 is 0 Å². The molecule has 4 aromatic rings. The van der Waals surface area contributed by atoms with Crippen LogP contribution in [-0.2, 0) is 5.41 Å². The maximum Gasteiger partial charge on any atom is 0.170 e. The molecule has 0 spiro atoms. The second kappa shape index (κ2) is 10.2. The fraction of sp³-hybridized carbons (Fsp3) is 0.321.